The molecule has 1 aliphatic heterocycles. The fourth-order valence-corrected chi connectivity index (χ4v) is 3.90. The average molecular weight is 345 g/mol. The van der Waals surface area contributed by atoms with Gasteiger partial charge in [0.25, 0.3) is 0 Å². The molecule has 2 aliphatic rings. The van der Waals surface area contributed by atoms with Crippen LogP contribution in [0.3, 0.4) is 0 Å². The molecule has 23 heavy (non-hydrogen) atoms. The van der Waals surface area contributed by atoms with Crippen molar-refractivity contribution in [3.05, 3.63) is 0 Å². The lowest BCUT2D eigenvalue weighted by Gasteiger charge is -2.33. The van der Waals surface area contributed by atoms with Crippen molar-refractivity contribution in [2.45, 2.75) is 46.0 Å². The summed E-state index contributed by atoms with van der Waals surface area (Å²) in [5.41, 5.74) is 0. The highest BCUT2D eigenvalue weighted by Crippen LogP contribution is 2.25. The fraction of sp³-hybridized carbons (Fsp3) is 0.938. The van der Waals surface area contributed by atoms with Gasteiger partial charge in [-0.2, -0.15) is 0 Å². The molecular weight excluding hydrogens is 312 g/mol. The number of aliphatic imine (C=N–C) groups is 1. The van der Waals surface area contributed by atoms with Crippen LogP contribution in [0.4, 0.5) is 0 Å². The molecule has 0 atom stereocenters. The van der Waals surface area contributed by atoms with Crippen LogP contribution >= 0.6 is 0 Å². The predicted molar refractivity (Wildman–Crippen MR) is 95.1 cm³/mol. The van der Waals surface area contributed by atoms with Gasteiger partial charge in [0, 0.05) is 26.2 Å². The Morgan fingerprint density at radius 2 is 1.91 bits per heavy atom. The van der Waals surface area contributed by atoms with Gasteiger partial charge in [0.15, 0.2) is 5.96 Å². The largest absolute Gasteiger partial charge is 0.357 e. The number of hydrogen-bond donors (Lipinski definition) is 2. The second-order valence-corrected chi connectivity index (χ2v) is 8.80. The third kappa shape index (κ3) is 6.30. The monoisotopic (exact) mass is 344 g/mol. The molecule has 1 saturated heterocycles. The van der Waals surface area contributed by atoms with Crippen molar-refractivity contribution in [2.24, 2.45) is 16.8 Å². The van der Waals surface area contributed by atoms with Crippen LogP contribution in [0.2, 0.25) is 0 Å². The Labute approximate surface area is 141 Å². The van der Waals surface area contributed by atoms with E-state index in [1.54, 1.807) is 0 Å². The first kappa shape index (κ1) is 18.5. The third-order valence-electron chi connectivity index (χ3n) is 4.86. The van der Waals surface area contributed by atoms with E-state index in [-0.39, 0.29) is 5.75 Å². The number of nitrogens with zero attached hydrogens (tertiary/aromatic N) is 2. The van der Waals surface area contributed by atoms with Crippen molar-refractivity contribution < 1.29 is 8.42 Å². The van der Waals surface area contributed by atoms with Gasteiger partial charge in [0.05, 0.1) is 12.3 Å². The van der Waals surface area contributed by atoms with Crippen molar-refractivity contribution in [3.63, 3.8) is 0 Å². The zero-order valence-corrected chi connectivity index (χ0v) is 15.4. The smallest absolute Gasteiger partial charge is 0.213 e. The van der Waals surface area contributed by atoms with E-state index in [0.717, 1.165) is 44.4 Å². The molecule has 0 unspecified atom stereocenters. The average Bonchev–Trinajstić information content (AvgIpc) is 2.45. The molecule has 1 heterocycles. The van der Waals surface area contributed by atoms with Crippen LogP contribution in [0.5, 0.6) is 0 Å². The summed E-state index contributed by atoms with van der Waals surface area (Å²) in [5.74, 6) is 2.23. The lowest BCUT2D eigenvalue weighted by molar-refractivity contribution is 0.273. The molecule has 0 amide bonds. The van der Waals surface area contributed by atoms with Gasteiger partial charge in [-0.15, -0.1) is 0 Å². The van der Waals surface area contributed by atoms with Crippen molar-refractivity contribution in [1.82, 2.24) is 14.9 Å². The first-order valence-corrected chi connectivity index (χ1v) is 10.7. The van der Waals surface area contributed by atoms with Crippen molar-refractivity contribution >= 4 is 16.0 Å². The van der Waals surface area contributed by atoms with Crippen LogP contribution in [0.25, 0.3) is 0 Å². The fourth-order valence-electron chi connectivity index (χ4n) is 2.93. The van der Waals surface area contributed by atoms with Crippen molar-refractivity contribution in [1.29, 1.82) is 0 Å². The van der Waals surface area contributed by atoms with Crippen LogP contribution in [0, 0.1) is 11.8 Å². The minimum atomic E-state index is -3.21. The molecule has 2 rings (SSSR count). The SMILES string of the molecule is CCNC(=NCCS(=O)(=O)NCC1CCC1)N1CCC(C)CC1. The summed E-state index contributed by atoms with van der Waals surface area (Å²) in [7, 11) is -3.21. The van der Waals surface area contributed by atoms with Crippen molar-refractivity contribution in [3.8, 4) is 0 Å². The van der Waals surface area contributed by atoms with E-state index < -0.39 is 10.0 Å². The molecule has 1 saturated carbocycles. The molecule has 1 aliphatic carbocycles. The molecule has 0 aromatic rings. The molecule has 134 valence electrons. The van der Waals surface area contributed by atoms with E-state index in [1.807, 2.05) is 6.92 Å². The maximum absolute atomic E-state index is 12.0. The quantitative estimate of drug-likeness (QED) is 0.541. The van der Waals surface area contributed by atoms with Gasteiger partial charge in [0.2, 0.25) is 10.0 Å². The molecule has 0 bridgehead atoms. The highest BCUT2D eigenvalue weighted by atomic mass is 32.2. The topological polar surface area (TPSA) is 73.8 Å². The predicted octanol–water partition coefficient (Wildman–Crippen LogP) is 1.40. The maximum atomic E-state index is 12.0. The molecule has 0 spiro atoms. The van der Waals surface area contributed by atoms with Crippen LogP contribution in [0.1, 0.15) is 46.0 Å². The Hall–Kier alpha value is -0.820. The van der Waals surface area contributed by atoms with E-state index in [0.29, 0.717) is 19.0 Å². The van der Waals surface area contributed by atoms with Crippen molar-refractivity contribution in [2.75, 3.05) is 38.5 Å². The summed E-state index contributed by atoms with van der Waals surface area (Å²) in [5, 5.41) is 3.28. The zero-order valence-electron chi connectivity index (χ0n) is 14.6. The Morgan fingerprint density at radius 1 is 1.22 bits per heavy atom. The summed E-state index contributed by atoms with van der Waals surface area (Å²) >= 11 is 0. The van der Waals surface area contributed by atoms with Gasteiger partial charge >= 0.3 is 0 Å². The molecule has 2 fully saturated rings. The number of guanidine groups is 1. The molecular formula is C16H32N4O2S. The minimum Gasteiger partial charge on any atom is -0.357 e. The van der Waals surface area contributed by atoms with Gasteiger partial charge in [-0.05, 0) is 44.4 Å². The number of likely N-dealkylation sites (tertiary alicyclic amines) is 1. The minimum absolute atomic E-state index is 0.0683. The Morgan fingerprint density at radius 3 is 2.48 bits per heavy atom. The zero-order chi connectivity index (χ0) is 16.7. The number of sulfonamides is 1. The van der Waals surface area contributed by atoms with Gasteiger partial charge in [-0.1, -0.05) is 13.3 Å². The molecule has 2 N–H and O–H groups in total. The summed E-state index contributed by atoms with van der Waals surface area (Å²) in [4.78, 5) is 6.77. The summed E-state index contributed by atoms with van der Waals surface area (Å²) < 4.78 is 26.8. The first-order valence-electron chi connectivity index (χ1n) is 9.00. The maximum Gasteiger partial charge on any atom is 0.213 e. The summed E-state index contributed by atoms with van der Waals surface area (Å²) in [6.07, 6.45) is 5.88. The molecule has 0 aromatic carbocycles. The lowest BCUT2D eigenvalue weighted by atomic mass is 9.86. The van der Waals surface area contributed by atoms with Gasteiger partial charge in [-0.3, -0.25) is 4.99 Å². The highest BCUT2D eigenvalue weighted by Gasteiger charge is 2.21. The number of hydrogen-bond acceptors (Lipinski definition) is 3. The Balaban J connectivity index is 1.79. The molecule has 6 nitrogen and oxygen atoms in total. The Kier molecular flexibility index (Phi) is 7.14. The van der Waals surface area contributed by atoms with Crippen LogP contribution in [0.15, 0.2) is 4.99 Å². The van der Waals surface area contributed by atoms with E-state index in [4.69, 9.17) is 0 Å². The van der Waals surface area contributed by atoms with Crippen LogP contribution in [-0.4, -0.2) is 57.8 Å². The summed E-state index contributed by atoms with van der Waals surface area (Å²) in [6.45, 7) is 8.03. The molecule has 0 radical (unpaired) electrons. The van der Waals surface area contributed by atoms with Crippen LogP contribution in [-0.2, 0) is 10.0 Å². The summed E-state index contributed by atoms with van der Waals surface area (Å²) in [6, 6.07) is 0. The standard InChI is InChI=1S/C16H32N4O2S/c1-3-17-16(20-10-7-14(2)8-11-20)18-9-12-23(21,22)19-13-15-5-4-6-15/h14-15,19H,3-13H2,1-2H3,(H,17,18). The van der Waals surface area contributed by atoms with E-state index in [1.165, 1.54) is 19.3 Å². The lowest BCUT2D eigenvalue weighted by Crippen LogP contribution is -2.45. The highest BCUT2D eigenvalue weighted by molar-refractivity contribution is 7.89. The van der Waals surface area contributed by atoms with Gasteiger partial charge in [-0.25, -0.2) is 13.1 Å². The number of nitrogens with one attached hydrogen (secondary N) is 2. The van der Waals surface area contributed by atoms with E-state index in [9.17, 15) is 8.42 Å². The first-order chi connectivity index (χ1) is 11.0. The Bertz CT molecular complexity index is 480. The third-order valence-corrected chi connectivity index (χ3v) is 6.18. The normalized spacial score (nSPS) is 21.3. The number of piperidine rings is 1. The second kappa shape index (κ2) is 8.87. The number of rotatable bonds is 7. The van der Waals surface area contributed by atoms with Crippen LogP contribution < -0.4 is 10.0 Å². The molecule has 0 aromatic heterocycles. The molecule has 7 heteroatoms. The van der Waals surface area contributed by atoms with E-state index >= 15 is 0 Å². The van der Waals surface area contributed by atoms with Gasteiger partial charge < -0.3 is 10.2 Å². The second-order valence-electron chi connectivity index (χ2n) is 6.87. The van der Waals surface area contributed by atoms with E-state index in [2.05, 4.69) is 26.9 Å². The van der Waals surface area contributed by atoms with Gasteiger partial charge in [0.1, 0.15) is 0 Å².